The van der Waals surface area contributed by atoms with Gasteiger partial charge in [0.25, 0.3) is 0 Å². The summed E-state index contributed by atoms with van der Waals surface area (Å²) in [6, 6.07) is 0. The molecule has 0 bridgehead atoms. The summed E-state index contributed by atoms with van der Waals surface area (Å²) in [5, 5.41) is 0. The van der Waals surface area contributed by atoms with Crippen LogP contribution in [0.15, 0.2) is 0 Å². The van der Waals surface area contributed by atoms with E-state index in [1.807, 2.05) is 0 Å². The van der Waals surface area contributed by atoms with Crippen molar-refractivity contribution in [3.8, 4) is 0 Å². The van der Waals surface area contributed by atoms with Crippen LogP contribution in [-0.4, -0.2) is 16.1 Å². The van der Waals surface area contributed by atoms with Crippen molar-refractivity contribution in [1.82, 2.24) is 0 Å². The lowest BCUT2D eigenvalue weighted by Crippen LogP contribution is -1.88. The Morgan fingerprint density at radius 2 is 2.33 bits per heavy atom. The van der Waals surface area contributed by atoms with Crippen molar-refractivity contribution < 1.29 is 0 Å². The molecule has 0 aliphatic carbocycles. The van der Waals surface area contributed by atoms with Crippen molar-refractivity contribution >= 4 is 21.8 Å². The lowest BCUT2D eigenvalue weighted by molar-refractivity contribution is 0.887. The Kier molecular flexibility index (Phi) is 4.00. The predicted molar refractivity (Wildman–Crippen MR) is 34.7 cm³/mol. The molecule has 1 unspecified atom stereocenters. The molecule has 0 aromatic heterocycles. The van der Waals surface area contributed by atoms with Crippen LogP contribution in [0.4, 0.5) is 0 Å². The van der Waals surface area contributed by atoms with Crippen LogP contribution in [0, 0.1) is 0 Å². The van der Waals surface area contributed by atoms with Gasteiger partial charge in [0.05, 0.1) is 0 Å². The molecule has 2 heteroatoms. The Balaban J connectivity index is 2.75. The summed E-state index contributed by atoms with van der Waals surface area (Å²) >= 11 is 5.49. The van der Waals surface area contributed by atoms with E-state index in [1.54, 1.807) is 0 Å². The van der Waals surface area contributed by atoms with Gasteiger partial charge in [0.2, 0.25) is 0 Å². The summed E-state index contributed by atoms with van der Waals surface area (Å²) in [5.74, 6) is 0.864. The molecular formula is C4H11ClSi. The van der Waals surface area contributed by atoms with Crippen LogP contribution in [0.2, 0.25) is 5.54 Å². The lowest BCUT2D eigenvalue weighted by atomic mass is 10.4. The van der Waals surface area contributed by atoms with E-state index in [-0.39, 0.29) is 0 Å². The number of alkyl halides is 1. The molecule has 0 aliphatic heterocycles. The first-order valence-corrected chi connectivity index (χ1v) is 4.06. The zero-order chi connectivity index (χ0) is 4.99. The van der Waals surface area contributed by atoms with Gasteiger partial charge in [-0.15, -0.1) is 11.6 Å². The first-order valence-electron chi connectivity index (χ1n) is 2.37. The van der Waals surface area contributed by atoms with Gasteiger partial charge in [0.15, 0.2) is 0 Å². The maximum Gasteiger partial charge on any atom is 0.0219 e. The SMILES string of the molecule is CCC([SiH3])CCl. The summed E-state index contributed by atoms with van der Waals surface area (Å²) in [4.78, 5) is 0. The molecule has 0 saturated carbocycles. The Bertz CT molecular complexity index is 26.7. The van der Waals surface area contributed by atoms with E-state index in [2.05, 4.69) is 6.92 Å². The summed E-state index contributed by atoms with van der Waals surface area (Å²) in [7, 11) is 1.26. The topological polar surface area (TPSA) is 0 Å². The van der Waals surface area contributed by atoms with Crippen molar-refractivity contribution in [1.29, 1.82) is 0 Å². The fourth-order valence-electron chi connectivity index (χ4n) is 0.109. The average molecular weight is 123 g/mol. The van der Waals surface area contributed by atoms with Gasteiger partial charge in [-0.25, -0.2) is 0 Å². The zero-order valence-electron chi connectivity index (χ0n) is 4.37. The smallest absolute Gasteiger partial charge is 0.0219 e. The Hall–Kier alpha value is 0.507. The van der Waals surface area contributed by atoms with Crippen molar-refractivity contribution in [3.63, 3.8) is 0 Å². The van der Waals surface area contributed by atoms with Crippen molar-refractivity contribution in [2.75, 3.05) is 5.88 Å². The molecule has 0 aromatic rings. The van der Waals surface area contributed by atoms with Gasteiger partial charge < -0.3 is 0 Å². The van der Waals surface area contributed by atoms with Gasteiger partial charge in [-0.2, -0.15) is 0 Å². The zero-order valence-corrected chi connectivity index (χ0v) is 7.13. The molecule has 0 N–H and O–H groups in total. The highest BCUT2D eigenvalue weighted by Gasteiger charge is 1.90. The van der Waals surface area contributed by atoms with Crippen LogP contribution in [0.3, 0.4) is 0 Å². The molecule has 0 aromatic carbocycles. The molecule has 0 fully saturated rings. The molecule has 38 valence electrons. The van der Waals surface area contributed by atoms with E-state index in [0.29, 0.717) is 0 Å². The Labute approximate surface area is 47.3 Å². The third-order valence-electron chi connectivity index (χ3n) is 0.960. The molecule has 0 rings (SSSR count). The van der Waals surface area contributed by atoms with E-state index in [4.69, 9.17) is 11.6 Å². The number of rotatable bonds is 2. The first-order chi connectivity index (χ1) is 2.81. The summed E-state index contributed by atoms with van der Waals surface area (Å²) in [5.41, 5.74) is 0.840. The molecule has 6 heavy (non-hydrogen) atoms. The largest absolute Gasteiger partial charge is 0.127 e. The molecule has 0 aliphatic rings. The van der Waals surface area contributed by atoms with Gasteiger partial charge in [-0.3, -0.25) is 0 Å². The molecule has 0 amide bonds. The van der Waals surface area contributed by atoms with Gasteiger partial charge in [-0.05, 0) is 5.54 Å². The van der Waals surface area contributed by atoms with E-state index < -0.39 is 0 Å². The standard InChI is InChI=1S/C4H11ClSi/c1-2-4(6)3-5/h4H,2-3H2,1,6H3. The second-order valence-corrected chi connectivity index (χ2v) is 3.61. The second kappa shape index (κ2) is 3.69. The minimum atomic E-state index is 0.840. The van der Waals surface area contributed by atoms with Gasteiger partial charge >= 0.3 is 0 Å². The minimum absolute atomic E-state index is 0.840. The molecule has 0 nitrogen and oxygen atoms in total. The van der Waals surface area contributed by atoms with Crippen LogP contribution >= 0.6 is 11.6 Å². The molecule has 0 saturated heterocycles. The quantitative estimate of drug-likeness (QED) is 0.375. The summed E-state index contributed by atoms with van der Waals surface area (Å²) in [6.07, 6.45) is 1.26. The molecule has 0 heterocycles. The summed E-state index contributed by atoms with van der Waals surface area (Å²) in [6.45, 7) is 2.18. The third kappa shape index (κ3) is 2.73. The van der Waals surface area contributed by atoms with Gasteiger partial charge in [-0.1, -0.05) is 13.3 Å². The molecular weight excluding hydrogens is 112 g/mol. The van der Waals surface area contributed by atoms with E-state index in [0.717, 1.165) is 11.4 Å². The van der Waals surface area contributed by atoms with Crippen LogP contribution in [0.25, 0.3) is 0 Å². The van der Waals surface area contributed by atoms with Crippen LogP contribution in [0.5, 0.6) is 0 Å². The van der Waals surface area contributed by atoms with Crippen molar-refractivity contribution in [2.45, 2.75) is 18.9 Å². The average Bonchev–Trinajstić information content (AvgIpc) is 1.65. The fraction of sp³-hybridized carbons (Fsp3) is 1.00. The number of hydrogen-bond acceptors (Lipinski definition) is 0. The number of hydrogen-bond donors (Lipinski definition) is 0. The van der Waals surface area contributed by atoms with Crippen molar-refractivity contribution in [2.24, 2.45) is 0 Å². The van der Waals surface area contributed by atoms with Gasteiger partial charge in [0.1, 0.15) is 0 Å². The maximum absolute atomic E-state index is 5.49. The van der Waals surface area contributed by atoms with E-state index in [1.165, 1.54) is 16.7 Å². The molecule has 1 atom stereocenters. The van der Waals surface area contributed by atoms with E-state index in [9.17, 15) is 0 Å². The highest BCUT2D eigenvalue weighted by Crippen LogP contribution is 2.04. The van der Waals surface area contributed by atoms with Crippen molar-refractivity contribution in [3.05, 3.63) is 0 Å². The lowest BCUT2D eigenvalue weighted by Gasteiger charge is -1.96. The Morgan fingerprint density at radius 1 is 1.83 bits per heavy atom. The van der Waals surface area contributed by atoms with Crippen LogP contribution in [0.1, 0.15) is 13.3 Å². The Morgan fingerprint density at radius 3 is 2.33 bits per heavy atom. The summed E-state index contributed by atoms with van der Waals surface area (Å²) < 4.78 is 0. The highest BCUT2D eigenvalue weighted by atomic mass is 35.5. The second-order valence-electron chi connectivity index (χ2n) is 1.67. The van der Waals surface area contributed by atoms with Gasteiger partial charge in [0, 0.05) is 16.1 Å². The normalized spacial score (nSPS) is 15.0. The van der Waals surface area contributed by atoms with E-state index >= 15 is 0 Å². The maximum atomic E-state index is 5.49. The molecule has 0 spiro atoms. The minimum Gasteiger partial charge on any atom is -0.127 e. The van der Waals surface area contributed by atoms with Crippen LogP contribution < -0.4 is 0 Å². The number of halogens is 1. The van der Waals surface area contributed by atoms with Crippen LogP contribution in [-0.2, 0) is 0 Å². The first kappa shape index (κ1) is 6.51. The molecule has 0 radical (unpaired) electrons. The third-order valence-corrected chi connectivity index (χ3v) is 3.23. The fourth-order valence-corrected chi connectivity index (χ4v) is 0.327. The predicted octanol–water partition coefficient (Wildman–Crippen LogP) is 0.789. The monoisotopic (exact) mass is 122 g/mol. The highest BCUT2D eigenvalue weighted by molar-refractivity contribution is 6.24.